The van der Waals surface area contributed by atoms with Crippen LogP contribution in [0.5, 0.6) is 0 Å². The zero-order valence-corrected chi connectivity index (χ0v) is 25.3. The van der Waals surface area contributed by atoms with Crippen molar-refractivity contribution < 1.29 is 25.9 Å². The minimum absolute atomic E-state index is 0.105. The Morgan fingerprint density at radius 2 is 1.13 bits per heavy atom. The van der Waals surface area contributed by atoms with E-state index in [0.29, 0.717) is 38.9 Å². The predicted octanol–water partition coefficient (Wildman–Crippen LogP) is 8.15. The monoisotopic (exact) mass is 652 g/mol. The molecule has 0 saturated carbocycles. The molecule has 0 bridgehead atoms. The van der Waals surface area contributed by atoms with Gasteiger partial charge in [0, 0.05) is 16.2 Å². The number of hydrogen-bond donors (Lipinski definition) is 4. The van der Waals surface area contributed by atoms with Crippen molar-refractivity contribution in [3.63, 3.8) is 0 Å². The lowest BCUT2D eigenvalue weighted by atomic mass is 10.1. The molecule has 46 heavy (non-hydrogen) atoms. The minimum atomic E-state index is -4.53. The van der Waals surface area contributed by atoms with Gasteiger partial charge in [0.2, 0.25) is 0 Å². The molecule has 0 radical (unpaired) electrons. The molecule has 0 amide bonds. The molecule has 0 heterocycles. The summed E-state index contributed by atoms with van der Waals surface area (Å²) in [7, 11) is -8.88. The van der Waals surface area contributed by atoms with E-state index >= 15 is 0 Å². The molecule has 0 aliphatic heterocycles. The summed E-state index contributed by atoms with van der Waals surface area (Å²) >= 11 is 0. The maximum Gasteiger partial charge on any atom is 0.295 e. The standard InChI is InChI=1S/C32H24N6O6S2/c33-28-16-9-21-17-24(45(39,40)41)14-15-25(21)32(28)38-36-23-12-7-20(8-13-23)19-5-10-22(11-6-19)35-37-29-18-30(46(42,43)44)26-3-1-2-4-27(26)31(29)34/h1-18H,33-34H2,(H,39,40,41)(H,42,43,44). The number of nitrogen functional groups attached to an aromatic ring is 2. The van der Waals surface area contributed by atoms with Gasteiger partial charge in [0.1, 0.15) is 16.3 Å². The van der Waals surface area contributed by atoms with Gasteiger partial charge < -0.3 is 11.5 Å². The van der Waals surface area contributed by atoms with Crippen LogP contribution in [-0.2, 0) is 20.2 Å². The fourth-order valence-electron chi connectivity index (χ4n) is 4.89. The van der Waals surface area contributed by atoms with Gasteiger partial charge in [0.25, 0.3) is 20.2 Å². The van der Waals surface area contributed by atoms with Crippen LogP contribution in [0.15, 0.2) is 139 Å². The number of azo groups is 2. The number of nitrogens with two attached hydrogens (primary N) is 2. The Kier molecular flexibility index (Phi) is 7.79. The highest BCUT2D eigenvalue weighted by molar-refractivity contribution is 7.86. The first kappa shape index (κ1) is 30.5. The summed E-state index contributed by atoms with van der Waals surface area (Å²) in [5.41, 5.74) is 16.2. The zero-order chi connectivity index (χ0) is 32.6. The Labute approximate surface area is 263 Å². The molecule has 0 unspecified atom stereocenters. The number of hydrogen-bond acceptors (Lipinski definition) is 10. The molecule has 12 nitrogen and oxygen atoms in total. The molecule has 0 fully saturated rings. The minimum Gasteiger partial charge on any atom is -0.397 e. The lowest BCUT2D eigenvalue weighted by molar-refractivity contribution is 0.481. The molecule has 6 aromatic rings. The highest BCUT2D eigenvalue weighted by Gasteiger charge is 2.18. The summed E-state index contributed by atoms with van der Waals surface area (Å²) < 4.78 is 66.0. The van der Waals surface area contributed by atoms with Gasteiger partial charge in [0.15, 0.2) is 0 Å². The number of nitrogens with zero attached hydrogens (tertiary/aromatic N) is 4. The second-order valence-corrected chi connectivity index (χ2v) is 13.0. The van der Waals surface area contributed by atoms with Gasteiger partial charge in [-0.15, -0.1) is 10.2 Å². The van der Waals surface area contributed by atoms with Crippen LogP contribution in [0.2, 0.25) is 0 Å². The third kappa shape index (κ3) is 6.18. The molecule has 0 saturated heterocycles. The molecular formula is C32H24N6O6S2. The van der Waals surface area contributed by atoms with E-state index in [4.69, 9.17) is 11.5 Å². The summed E-state index contributed by atoms with van der Waals surface area (Å²) in [6.07, 6.45) is 0. The Balaban J connectivity index is 1.21. The van der Waals surface area contributed by atoms with Crippen LogP contribution >= 0.6 is 0 Å². The summed E-state index contributed by atoms with van der Waals surface area (Å²) in [4.78, 5) is -0.539. The SMILES string of the molecule is Nc1ccc2cc(S(=O)(=O)O)ccc2c1N=Nc1ccc(-c2ccc(N=Nc3cc(S(=O)(=O)O)c4ccccc4c3N)cc2)cc1. The normalized spacial score (nSPS) is 12.5. The first-order valence-electron chi connectivity index (χ1n) is 13.5. The lowest BCUT2D eigenvalue weighted by Gasteiger charge is -2.09. The molecule has 6 rings (SSSR count). The third-order valence-electron chi connectivity index (χ3n) is 7.20. The highest BCUT2D eigenvalue weighted by Crippen LogP contribution is 2.38. The summed E-state index contributed by atoms with van der Waals surface area (Å²) in [5, 5.41) is 18.8. The van der Waals surface area contributed by atoms with E-state index in [1.807, 2.05) is 24.3 Å². The molecule has 14 heteroatoms. The van der Waals surface area contributed by atoms with Crippen molar-refractivity contribution in [1.82, 2.24) is 0 Å². The molecule has 6 N–H and O–H groups in total. The maximum absolute atomic E-state index is 12.0. The van der Waals surface area contributed by atoms with Crippen molar-refractivity contribution in [2.75, 3.05) is 11.5 Å². The average Bonchev–Trinajstić information content (AvgIpc) is 3.03. The summed E-state index contributed by atoms with van der Waals surface area (Å²) in [6.45, 7) is 0. The zero-order valence-electron chi connectivity index (χ0n) is 23.7. The molecule has 0 spiro atoms. The largest absolute Gasteiger partial charge is 0.397 e. The van der Waals surface area contributed by atoms with Gasteiger partial charge >= 0.3 is 0 Å². The third-order valence-corrected chi connectivity index (χ3v) is 8.95. The highest BCUT2D eigenvalue weighted by atomic mass is 32.2. The molecule has 6 aromatic carbocycles. The molecular weight excluding hydrogens is 629 g/mol. The van der Waals surface area contributed by atoms with Crippen LogP contribution in [-0.4, -0.2) is 25.9 Å². The molecule has 230 valence electrons. The van der Waals surface area contributed by atoms with E-state index in [0.717, 1.165) is 11.1 Å². The van der Waals surface area contributed by atoms with Crippen molar-refractivity contribution in [2.45, 2.75) is 9.79 Å². The van der Waals surface area contributed by atoms with E-state index in [1.54, 1.807) is 60.7 Å². The van der Waals surface area contributed by atoms with E-state index < -0.39 is 20.2 Å². The predicted molar refractivity (Wildman–Crippen MR) is 177 cm³/mol. The number of fused-ring (bicyclic) bond motifs is 2. The van der Waals surface area contributed by atoms with E-state index in [-0.39, 0.29) is 26.6 Å². The van der Waals surface area contributed by atoms with Crippen LogP contribution in [0.3, 0.4) is 0 Å². The average molecular weight is 653 g/mol. The fourth-order valence-corrected chi connectivity index (χ4v) is 6.12. The van der Waals surface area contributed by atoms with Gasteiger partial charge in [-0.2, -0.15) is 27.1 Å². The number of benzene rings is 6. The van der Waals surface area contributed by atoms with Crippen LogP contribution in [0.4, 0.5) is 34.1 Å². The lowest BCUT2D eigenvalue weighted by Crippen LogP contribution is -2.01. The van der Waals surface area contributed by atoms with E-state index in [1.165, 1.54) is 24.3 Å². The van der Waals surface area contributed by atoms with Crippen molar-refractivity contribution in [3.05, 3.63) is 109 Å². The van der Waals surface area contributed by atoms with Crippen LogP contribution in [0.1, 0.15) is 0 Å². The molecule has 0 aliphatic carbocycles. The smallest absolute Gasteiger partial charge is 0.295 e. The Morgan fingerprint density at radius 3 is 1.72 bits per heavy atom. The van der Waals surface area contributed by atoms with Crippen molar-refractivity contribution >= 4 is 75.9 Å². The second kappa shape index (κ2) is 11.8. The molecule has 0 atom stereocenters. The van der Waals surface area contributed by atoms with E-state index in [2.05, 4.69) is 20.5 Å². The van der Waals surface area contributed by atoms with Crippen LogP contribution in [0, 0.1) is 0 Å². The van der Waals surface area contributed by atoms with Gasteiger partial charge in [-0.3, -0.25) is 9.11 Å². The Bertz CT molecular complexity index is 2430. The quantitative estimate of drug-likeness (QED) is 0.0749. The van der Waals surface area contributed by atoms with Crippen LogP contribution in [0.25, 0.3) is 32.7 Å². The van der Waals surface area contributed by atoms with Gasteiger partial charge in [-0.25, -0.2) is 0 Å². The molecule has 0 aromatic heterocycles. The second-order valence-electron chi connectivity index (χ2n) is 10.2. The Morgan fingerprint density at radius 1 is 0.543 bits per heavy atom. The summed E-state index contributed by atoms with van der Waals surface area (Å²) in [6, 6.07) is 29.5. The van der Waals surface area contributed by atoms with Gasteiger partial charge in [-0.05, 0) is 65.0 Å². The fraction of sp³-hybridized carbons (Fsp3) is 0. The van der Waals surface area contributed by atoms with Crippen molar-refractivity contribution in [3.8, 4) is 11.1 Å². The summed E-state index contributed by atoms with van der Waals surface area (Å²) in [5.74, 6) is 0. The number of anilines is 2. The topological polar surface area (TPSA) is 210 Å². The number of rotatable bonds is 7. The van der Waals surface area contributed by atoms with Gasteiger partial charge in [-0.1, -0.05) is 60.7 Å². The maximum atomic E-state index is 12.0. The first-order valence-corrected chi connectivity index (χ1v) is 16.4. The van der Waals surface area contributed by atoms with Gasteiger partial charge in [0.05, 0.1) is 27.6 Å². The Hall–Kier alpha value is -5.54. The molecule has 0 aliphatic rings. The first-order chi connectivity index (χ1) is 21.9. The van der Waals surface area contributed by atoms with Crippen LogP contribution < -0.4 is 11.5 Å². The van der Waals surface area contributed by atoms with E-state index in [9.17, 15) is 25.9 Å². The van der Waals surface area contributed by atoms with Crippen molar-refractivity contribution in [2.24, 2.45) is 20.5 Å². The van der Waals surface area contributed by atoms with Crippen molar-refractivity contribution in [1.29, 1.82) is 0 Å².